The first-order valence-corrected chi connectivity index (χ1v) is 5.66. The molecule has 18 heavy (non-hydrogen) atoms. The normalized spacial score (nSPS) is 10.3. The van der Waals surface area contributed by atoms with Crippen molar-refractivity contribution < 1.29 is 10.2 Å². The van der Waals surface area contributed by atoms with Gasteiger partial charge in [0, 0.05) is 25.3 Å². The summed E-state index contributed by atoms with van der Waals surface area (Å²) >= 11 is 0. The van der Waals surface area contributed by atoms with Gasteiger partial charge in [-0.15, -0.1) is 0 Å². The Labute approximate surface area is 106 Å². The van der Waals surface area contributed by atoms with Gasteiger partial charge in [0.05, 0.1) is 5.69 Å². The van der Waals surface area contributed by atoms with Crippen molar-refractivity contribution in [1.82, 2.24) is 0 Å². The first kappa shape index (κ1) is 12.3. The molecule has 0 heterocycles. The van der Waals surface area contributed by atoms with Gasteiger partial charge in [0.1, 0.15) is 11.5 Å². The van der Waals surface area contributed by atoms with E-state index in [0.29, 0.717) is 12.2 Å². The molecule has 0 bridgehead atoms. The second-order valence-electron chi connectivity index (χ2n) is 4.10. The van der Waals surface area contributed by atoms with Crippen LogP contribution in [0.15, 0.2) is 42.5 Å². The number of nitrogens with two attached hydrogens (primary N) is 1. The molecule has 0 unspecified atom stereocenters. The number of aromatic hydroxyl groups is 2. The van der Waals surface area contributed by atoms with E-state index in [0.717, 1.165) is 11.3 Å². The van der Waals surface area contributed by atoms with Gasteiger partial charge in [-0.05, 0) is 29.8 Å². The monoisotopic (exact) mass is 244 g/mol. The zero-order chi connectivity index (χ0) is 13.1. The van der Waals surface area contributed by atoms with Gasteiger partial charge in [-0.3, -0.25) is 0 Å². The molecule has 4 heteroatoms. The van der Waals surface area contributed by atoms with Crippen molar-refractivity contribution in [3.05, 3.63) is 48.0 Å². The second-order valence-corrected chi connectivity index (χ2v) is 4.10. The van der Waals surface area contributed by atoms with E-state index < -0.39 is 0 Å². The molecule has 0 aliphatic rings. The lowest BCUT2D eigenvalue weighted by Gasteiger charge is -2.21. The number of rotatable bonds is 3. The Hall–Kier alpha value is -2.20. The summed E-state index contributed by atoms with van der Waals surface area (Å²) in [6.07, 6.45) is 0. The van der Waals surface area contributed by atoms with Crippen LogP contribution >= 0.6 is 0 Å². The average Bonchev–Trinajstić information content (AvgIpc) is 2.41. The molecule has 0 saturated heterocycles. The van der Waals surface area contributed by atoms with E-state index in [4.69, 9.17) is 5.73 Å². The van der Waals surface area contributed by atoms with Gasteiger partial charge in [0.25, 0.3) is 0 Å². The van der Waals surface area contributed by atoms with E-state index in [1.54, 1.807) is 4.90 Å². The van der Waals surface area contributed by atoms with Gasteiger partial charge in [-0.25, -0.2) is 0 Å². The minimum Gasteiger partial charge on any atom is -0.508 e. The van der Waals surface area contributed by atoms with Crippen molar-refractivity contribution in [1.29, 1.82) is 0 Å². The third-order valence-electron chi connectivity index (χ3n) is 2.88. The third-order valence-corrected chi connectivity index (χ3v) is 2.88. The summed E-state index contributed by atoms with van der Waals surface area (Å²) in [6.45, 7) is 0.501. The van der Waals surface area contributed by atoms with Crippen LogP contribution < -0.4 is 10.6 Å². The van der Waals surface area contributed by atoms with Crippen LogP contribution in [0.4, 0.5) is 11.4 Å². The van der Waals surface area contributed by atoms with E-state index in [9.17, 15) is 10.2 Å². The number of nitrogens with zero attached hydrogens (tertiary/aromatic N) is 1. The van der Waals surface area contributed by atoms with Crippen LogP contribution in [0.5, 0.6) is 11.5 Å². The van der Waals surface area contributed by atoms with Gasteiger partial charge in [-0.2, -0.15) is 0 Å². The van der Waals surface area contributed by atoms with Crippen LogP contribution in [0.1, 0.15) is 5.56 Å². The highest BCUT2D eigenvalue weighted by atomic mass is 16.3. The minimum atomic E-state index is 0.119. The number of phenols is 2. The lowest BCUT2D eigenvalue weighted by Crippen LogP contribution is -2.09. The maximum Gasteiger partial charge on any atom is 0.139 e. The quantitative estimate of drug-likeness (QED) is 0.725. The number of hydrogen-bond acceptors (Lipinski definition) is 4. The topological polar surface area (TPSA) is 69.7 Å². The molecule has 0 aliphatic heterocycles. The molecule has 0 amide bonds. The van der Waals surface area contributed by atoms with Crippen LogP contribution in [0.3, 0.4) is 0 Å². The Kier molecular flexibility index (Phi) is 3.39. The molecule has 2 aromatic carbocycles. The third kappa shape index (κ3) is 2.38. The molecule has 4 nitrogen and oxygen atoms in total. The molecule has 0 saturated carbocycles. The standard InChI is InChI=1S/C14H16N2O2/c1-16(11-4-2-10(9-15)3-5-11)13-8-12(17)6-7-14(13)18/h2-8,17-18H,9,15H2,1H3. The van der Waals surface area contributed by atoms with E-state index >= 15 is 0 Å². The SMILES string of the molecule is CN(c1ccc(CN)cc1)c1cc(O)ccc1O. The van der Waals surface area contributed by atoms with E-state index in [1.807, 2.05) is 31.3 Å². The molecule has 0 atom stereocenters. The van der Waals surface area contributed by atoms with Gasteiger partial charge >= 0.3 is 0 Å². The van der Waals surface area contributed by atoms with Gasteiger partial charge < -0.3 is 20.8 Å². The molecule has 0 spiro atoms. The maximum atomic E-state index is 9.79. The number of hydrogen-bond donors (Lipinski definition) is 3. The molecule has 0 aliphatic carbocycles. The summed E-state index contributed by atoms with van der Waals surface area (Å²) in [5.41, 5.74) is 8.05. The second kappa shape index (κ2) is 4.98. The van der Waals surface area contributed by atoms with Crippen LogP contribution in [0.2, 0.25) is 0 Å². The average molecular weight is 244 g/mol. The fourth-order valence-corrected chi connectivity index (χ4v) is 1.78. The van der Waals surface area contributed by atoms with Gasteiger partial charge in [0.15, 0.2) is 0 Å². The van der Waals surface area contributed by atoms with Gasteiger partial charge in [0.2, 0.25) is 0 Å². The lowest BCUT2D eigenvalue weighted by atomic mass is 10.2. The number of benzene rings is 2. The molecule has 94 valence electrons. The van der Waals surface area contributed by atoms with Crippen molar-refractivity contribution in [2.45, 2.75) is 6.54 Å². The van der Waals surface area contributed by atoms with E-state index in [1.165, 1.54) is 18.2 Å². The summed E-state index contributed by atoms with van der Waals surface area (Å²) in [4.78, 5) is 1.80. The van der Waals surface area contributed by atoms with Crippen LogP contribution in [-0.4, -0.2) is 17.3 Å². The van der Waals surface area contributed by atoms with Crippen molar-refractivity contribution in [3.63, 3.8) is 0 Å². The molecular formula is C14H16N2O2. The molecule has 0 aromatic heterocycles. The fraction of sp³-hybridized carbons (Fsp3) is 0.143. The molecule has 4 N–H and O–H groups in total. The largest absolute Gasteiger partial charge is 0.508 e. The van der Waals surface area contributed by atoms with Crippen molar-refractivity contribution >= 4 is 11.4 Å². The van der Waals surface area contributed by atoms with Crippen LogP contribution in [0, 0.1) is 0 Å². The zero-order valence-corrected chi connectivity index (χ0v) is 10.2. The van der Waals surface area contributed by atoms with Crippen molar-refractivity contribution in [2.24, 2.45) is 5.73 Å². The number of phenolic OH excluding ortho intramolecular Hbond substituents is 2. The highest BCUT2D eigenvalue weighted by molar-refractivity contribution is 5.69. The summed E-state index contributed by atoms with van der Waals surface area (Å²) < 4.78 is 0. The van der Waals surface area contributed by atoms with Crippen molar-refractivity contribution in [2.75, 3.05) is 11.9 Å². The Morgan fingerprint density at radius 2 is 1.72 bits per heavy atom. The lowest BCUT2D eigenvalue weighted by molar-refractivity contribution is 0.461. The Morgan fingerprint density at radius 3 is 2.33 bits per heavy atom. The minimum absolute atomic E-state index is 0.119. The Morgan fingerprint density at radius 1 is 1.06 bits per heavy atom. The first-order chi connectivity index (χ1) is 8.61. The maximum absolute atomic E-state index is 9.79. The van der Waals surface area contributed by atoms with E-state index in [2.05, 4.69) is 0 Å². The smallest absolute Gasteiger partial charge is 0.139 e. The summed E-state index contributed by atoms with van der Waals surface area (Å²) in [5.74, 6) is 0.242. The fourth-order valence-electron chi connectivity index (χ4n) is 1.78. The summed E-state index contributed by atoms with van der Waals surface area (Å²) in [6, 6.07) is 12.2. The van der Waals surface area contributed by atoms with Gasteiger partial charge in [-0.1, -0.05) is 12.1 Å². The van der Waals surface area contributed by atoms with Crippen LogP contribution in [-0.2, 0) is 6.54 Å². The predicted octanol–water partition coefficient (Wildman–Crippen LogP) is 2.32. The summed E-state index contributed by atoms with van der Waals surface area (Å²) in [5, 5.41) is 19.3. The highest BCUT2D eigenvalue weighted by Crippen LogP contribution is 2.34. The summed E-state index contributed by atoms with van der Waals surface area (Å²) in [7, 11) is 1.83. The predicted molar refractivity (Wildman–Crippen MR) is 72.2 cm³/mol. The Bertz CT molecular complexity index is 538. The Balaban J connectivity index is 2.34. The molecular weight excluding hydrogens is 228 g/mol. The first-order valence-electron chi connectivity index (χ1n) is 5.66. The molecule has 0 fully saturated rings. The number of anilines is 2. The zero-order valence-electron chi connectivity index (χ0n) is 10.2. The molecule has 2 aromatic rings. The molecule has 2 rings (SSSR count). The van der Waals surface area contributed by atoms with Crippen molar-refractivity contribution in [3.8, 4) is 11.5 Å². The van der Waals surface area contributed by atoms with Crippen LogP contribution in [0.25, 0.3) is 0 Å². The molecule has 0 radical (unpaired) electrons. The van der Waals surface area contributed by atoms with E-state index in [-0.39, 0.29) is 11.5 Å². The highest BCUT2D eigenvalue weighted by Gasteiger charge is 2.09.